The van der Waals surface area contributed by atoms with Gasteiger partial charge >= 0.3 is 0 Å². The predicted molar refractivity (Wildman–Crippen MR) is 73.3 cm³/mol. The SMILES string of the molecule is CNC(=O)C1CCN(C(=O)C2(C)CCCC2N)CC1. The number of piperidine rings is 1. The Bertz CT molecular complexity index is 364. The molecule has 0 aromatic carbocycles. The molecule has 2 atom stereocenters. The fraction of sp³-hybridized carbons (Fsp3) is 0.857. The van der Waals surface area contributed by atoms with Gasteiger partial charge in [-0.15, -0.1) is 0 Å². The quantitative estimate of drug-likeness (QED) is 0.764. The van der Waals surface area contributed by atoms with Crippen molar-refractivity contribution >= 4 is 11.8 Å². The Labute approximate surface area is 114 Å². The first-order chi connectivity index (χ1) is 8.99. The summed E-state index contributed by atoms with van der Waals surface area (Å²) in [5, 5.41) is 2.69. The van der Waals surface area contributed by atoms with E-state index in [4.69, 9.17) is 5.73 Å². The van der Waals surface area contributed by atoms with Gasteiger partial charge in [0.15, 0.2) is 0 Å². The van der Waals surface area contributed by atoms with Crippen LogP contribution in [0.4, 0.5) is 0 Å². The van der Waals surface area contributed by atoms with Crippen molar-refractivity contribution in [2.45, 2.75) is 45.1 Å². The van der Waals surface area contributed by atoms with Crippen molar-refractivity contribution in [3.63, 3.8) is 0 Å². The van der Waals surface area contributed by atoms with E-state index in [1.165, 1.54) is 0 Å². The molecular formula is C14H25N3O2. The van der Waals surface area contributed by atoms with E-state index in [1.54, 1.807) is 7.05 Å². The largest absolute Gasteiger partial charge is 0.359 e. The van der Waals surface area contributed by atoms with E-state index in [2.05, 4.69) is 5.32 Å². The van der Waals surface area contributed by atoms with E-state index in [9.17, 15) is 9.59 Å². The molecule has 2 amide bonds. The van der Waals surface area contributed by atoms with Gasteiger partial charge in [0, 0.05) is 32.1 Å². The molecule has 5 nitrogen and oxygen atoms in total. The molecule has 2 fully saturated rings. The minimum atomic E-state index is -0.389. The second-order valence-electron chi connectivity index (χ2n) is 6.10. The number of rotatable bonds is 2. The van der Waals surface area contributed by atoms with Crippen LogP contribution >= 0.6 is 0 Å². The number of carbonyl (C=O) groups is 2. The Balaban J connectivity index is 1.94. The van der Waals surface area contributed by atoms with Gasteiger partial charge in [-0.3, -0.25) is 9.59 Å². The van der Waals surface area contributed by atoms with Crippen LogP contribution < -0.4 is 11.1 Å². The van der Waals surface area contributed by atoms with Crippen LogP contribution in [0.1, 0.15) is 39.0 Å². The zero-order chi connectivity index (χ0) is 14.0. The second-order valence-corrected chi connectivity index (χ2v) is 6.10. The first-order valence-corrected chi connectivity index (χ1v) is 7.25. The van der Waals surface area contributed by atoms with Crippen molar-refractivity contribution < 1.29 is 9.59 Å². The van der Waals surface area contributed by atoms with Crippen molar-refractivity contribution in [2.24, 2.45) is 17.1 Å². The molecule has 108 valence electrons. The summed E-state index contributed by atoms with van der Waals surface area (Å²) in [6.07, 6.45) is 4.39. The van der Waals surface area contributed by atoms with Crippen LogP contribution in [0, 0.1) is 11.3 Å². The highest BCUT2D eigenvalue weighted by atomic mass is 16.2. The average molecular weight is 267 g/mol. The molecule has 5 heteroatoms. The molecule has 1 aliphatic heterocycles. The summed E-state index contributed by atoms with van der Waals surface area (Å²) in [5.74, 6) is 0.336. The number of hydrogen-bond acceptors (Lipinski definition) is 3. The number of likely N-dealkylation sites (tertiary alicyclic amines) is 1. The molecule has 2 unspecified atom stereocenters. The Morgan fingerprint density at radius 3 is 2.37 bits per heavy atom. The van der Waals surface area contributed by atoms with E-state index in [0.29, 0.717) is 13.1 Å². The van der Waals surface area contributed by atoms with E-state index in [-0.39, 0.29) is 29.2 Å². The van der Waals surface area contributed by atoms with E-state index in [1.807, 2.05) is 11.8 Å². The standard InChI is InChI=1S/C14H25N3O2/c1-14(7-3-4-11(14)15)13(19)17-8-5-10(6-9-17)12(18)16-2/h10-11H,3-9,15H2,1-2H3,(H,16,18). The molecule has 2 aliphatic rings. The lowest BCUT2D eigenvalue weighted by atomic mass is 9.82. The fourth-order valence-corrected chi connectivity index (χ4v) is 3.37. The van der Waals surface area contributed by atoms with Crippen molar-refractivity contribution in [1.29, 1.82) is 0 Å². The third kappa shape index (κ3) is 2.61. The number of amides is 2. The summed E-state index contributed by atoms with van der Waals surface area (Å²) in [5.41, 5.74) is 5.72. The highest BCUT2D eigenvalue weighted by Crippen LogP contribution is 2.39. The molecule has 1 saturated heterocycles. The Kier molecular flexibility index (Phi) is 4.13. The van der Waals surface area contributed by atoms with Crippen LogP contribution in [0.3, 0.4) is 0 Å². The van der Waals surface area contributed by atoms with Crippen LogP contribution in [-0.2, 0) is 9.59 Å². The van der Waals surface area contributed by atoms with Crippen molar-refractivity contribution in [3.8, 4) is 0 Å². The summed E-state index contributed by atoms with van der Waals surface area (Å²) < 4.78 is 0. The smallest absolute Gasteiger partial charge is 0.230 e. The molecule has 3 N–H and O–H groups in total. The molecule has 0 bridgehead atoms. The van der Waals surface area contributed by atoms with Gasteiger partial charge in [0.25, 0.3) is 0 Å². The van der Waals surface area contributed by atoms with Gasteiger partial charge in [0.1, 0.15) is 0 Å². The molecule has 0 radical (unpaired) electrons. The lowest BCUT2D eigenvalue weighted by Gasteiger charge is -2.38. The maximum absolute atomic E-state index is 12.6. The van der Waals surface area contributed by atoms with Crippen LogP contribution in [0.15, 0.2) is 0 Å². The van der Waals surface area contributed by atoms with E-state index < -0.39 is 0 Å². The normalized spacial score (nSPS) is 32.4. The van der Waals surface area contributed by atoms with Gasteiger partial charge in [0.2, 0.25) is 11.8 Å². The Hall–Kier alpha value is -1.10. The van der Waals surface area contributed by atoms with Crippen molar-refractivity contribution in [3.05, 3.63) is 0 Å². The number of nitrogens with two attached hydrogens (primary N) is 1. The highest BCUT2D eigenvalue weighted by molar-refractivity contribution is 5.84. The third-order valence-corrected chi connectivity index (χ3v) is 4.92. The Morgan fingerprint density at radius 1 is 1.26 bits per heavy atom. The fourth-order valence-electron chi connectivity index (χ4n) is 3.37. The molecule has 0 aromatic heterocycles. The summed E-state index contributed by atoms with van der Waals surface area (Å²) in [7, 11) is 1.67. The lowest BCUT2D eigenvalue weighted by Crippen LogP contribution is -2.52. The van der Waals surface area contributed by atoms with Gasteiger partial charge in [-0.25, -0.2) is 0 Å². The van der Waals surface area contributed by atoms with Gasteiger partial charge in [-0.2, -0.15) is 0 Å². The maximum Gasteiger partial charge on any atom is 0.230 e. The number of nitrogens with zero attached hydrogens (tertiary/aromatic N) is 1. The molecule has 1 saturated carbocycles. The summed E-state index contributed by atoms with van der Waals surface area (Å²) >= 11 is 0. The molecular weight excluding hydrogens is 242 g/mol. The van der Waals surface area contributed by atoms with Crippen LogP contribution in [0.5, 0.6) is 0 Å². The molecule has 0 aromatic rings. The zero-order valence-electron chi connectivity index (χ0n) is 11.9. The zero-order valence-corrected chi connectivity index (χ0v) is 11.9. The minimum Gasteiger partial charge on any atom is -0.359 e. The number of hydrogen-bond donors (Lipinski definition) is 2. The second kappa shape index (κ2) is 5.49. The van der Waals surface area contributed by atoms with Crippen LogP contribution in [0.2, 0.25) is 0 Å². The van der Waals surface area contributed by atoms with Gasteiger partial charge in [-0.05, 0) is 32.6 Å². The van der Waals surface area contributed by atoms with Gasteiger partial charge in [0.05, 0.1) is 5.41 Å². The van der Waals surface area contributed by atoms with Crippen molar-refractivity contribution in [2.75, 3.05) is 20.1 Å². The monoisotopic (exact) mass is 267 g/mol. The molecule has 1 heterocycles. The highest BCUT2D eigenvalue weighted by Gasteiger charge is 2.45. The topological polar surface area (TPSA) is 75.4 Å². The van der Waals surface area contributed by atoms with Gasteiger partial charge < -0.3 is 16.0 Å². The number of carbonyl (C=O) groups excluding carboxylic acids is 2. The first kappa shape index (κ1) is 14.3. The van der Waals surface area contributed by atoms with Crippen LogP contribution in [-0.4, -0.2) is 42.9 Å². The van der Waals surface area contributed by atoms with Gasteiger partial charge in [-0.1, -0.05) is 6.42 Å². The molecule has 1 aliphatic carbocycles. The number of nitrogens with one attached hydrogen (secondary N) is 1. The van der Waals surface area contributed by atoms with E-state index >= 15 is 0 Å². The predicted octanol–water partition coefficient (Wildman–Crippen LogP) is 0.489. The summed E-state index contributed by atoms with van der Waals surface area (Å²) in [6, 6.07) is -0.0170. The van der Waals surface area contributed by atoms with E-state index in [0.717, 1.165) is 32.1 Å². The molecule has 19 heavy (non-hydrogen) atoms. The van der Waals surface area contributed by atoms with Crippen molar-refractivity contribution in [1.82, 2.24) is 10.2 Å². The first-order valence-electron chi connectivity index (χ1n) is 7.25. The summed E-state index contributed by atoms with van der Waals surface area (Å²) in [4.78, 5) is 26.1. The minimum absolute atomic E-state index is 0.0170. The molecule has 0 spiro atoms. The lowest BCUT2D eigenvalue weighted by molar-refractivity contribution is -0.144. The van der Waals surface area contributed by atoms with Crippen LogP contribution in [0.25, 0.3) is 0 Å². The Morgan fingerprint density at radius 2 is 1.89 bits per heavy atom. The summed E-state index contributed by atoms with van der Waals surface area (Å²) in [6.45, 7) is 3.36. The molecule has 2 rings (SSSR count). The average Bonchev–Trinajstić information content (AvgIpc) is 2.78. The third-order valence-electron chi connectivity index (χ3n) is 4.92. The maximum atomic E-state index is 12.6.